The molecule has 0 saturated carbocycles. The van der Waals surface area contributed by atoms with E-state index in [0.29, 0.717) is 32.5 Å². The lowest BCUT2D eigenvalue weighted by molar-refractivity contribution is -0.116. The first-order valence-corrected chi connectivity index (χ1v) is 10.2. The van der Waals surface area contributed by atoms with Crippen LogP contribution in [0.3, 0.4) is 0 Å². The third-order valence-electron chi connectivity index (χ3n) is 4.99. The number of fused-ring (bicyclic) bond motifs is 3. The molecule has 2 heterocycles. The molecule has 0 aliphatic heterocycles. The minimum Gasteiger partial charge on any atom is -0.324 e. The van der Waals surface area contributed by atoms with Gasteiger partial charge in [0, 0.05) is 16.8 Å². The molecule has 5 nitrogen and oxygen atoms in total. The number of amides is 1. The lowest BCUT2D eigenvalue weighted by Gasteiger charge is -2.14. The summed E-state index contributed by atoms with van der Waals surface area (Å²) in [4.78, 5) is 30.4. The van der Waals surface area contributed by atoms with E-state index in [1.54, 1.807) is 12.1 Å². The van der Waals surface area contributed by atoms with Gasteiger partial charge in [0.15, 0.2) is 0 Å². The van der Waals surface area contributed by atoms with Gasteiger partial charge in [0.25, 0.3) is 5.56 Å². The molecule has 2 aromatic heterocycles. The maximum Gasteiger partial charge on any atom is 0.272 e. The van der Waals surface area contributed by atoms with Gasteiger partial charge in [-0.25, -0.2) is 9.37 Å². The van der Waals surface area contributed by atoms with E-state index in [2.05, 4.69) is 10.3 Å². The van der Waals surface area contributed by atoms with Gasteiger partial charge in [-0.05, 0) is 37.1 Å². The van der Waals surface area contributed by atoms with E-state index >= 15 is 0 Å². The second-order valence-electron chi connectivity index (χ2n) is 6.98. The molecule has 7 heteroatoms. The molecule has 0 bridgehead atoms. The Bertz CT molecular complexity index is 1300. The molecule has 0 radical (unpaired) electrons. The summed E-state index contributed by atoms with van der Waals surface area (Å²) in [6, 6.07) is 10.5. The summed E-state index contributed by atoms with van der Waals surface area (Å²) in [7, 11) is 0. The van der Waals surface area contributed by atoms with Crippen LogP contribution < -0.4 is 10.9 Å². The van der Waals surface area contributed by atoms with Crippen molar-refractivity contribution in [3.8, 4) is 0 Å². The van der Waals surface area contributed by atoms with Gasteiger partial charge in [-0.2, -0.15) is 0 Å². The van der Waals surface area contributed by atoms with Gasteiger partial charge in [0.1, 0.15) is 22.9 Å². The molecular weight excluding hydrogens is 389 g/mol. The summed E-state index contributed by atoms with van der Waals surface area (Å²) in [5, 5.41) is 3.27. The van der Waals surface area contributed by atoms with Crippen LogP contribution in [0.25, 0.3) is 20.3 Å². The van der Waals surface area contributed by atoms with E-state index in [1.165, 1.54) is 22.0 Å². The van der Waals surface area contributed by atoms with Crippen molar-refractivity contribution < 1.29 is 9.18 Å². The Morgan fingerprint density at radius 1 is 1.17 bits per heavy atom. The smallest absolute Gasteiger partial charge is 0.272 e. The van der Waals surface area contributed by atoms with Crippen molar-refractivity contribution >= 4 is 43.2 Å². The van der Waals surface area contributed by atoms with Gasteiger partial charge in [-0.15, -0.1) is 11.3 Å². The van der Waals surface area contributed by atoms with Crippen molar-refractivity contribution in [2.24, 2.45) is 0 Å². The fourth-order valence-corrected chi connectivity index (χ4v) is 4.64. The number of carbonyl (C=O) groups is 1. The van der Waals surface area contributed by atoms with Crippen molar-refractivity contribution in [3.05, 3.63) is 69.5 Å². The number of hydrogen-bond acceptors (Lipinski definition) is 4. The summed E-state index contributed by atoms with van der Waals surface area (Å²) in [6.45, 7) is 5.56. The summed E-state index contributed by atoms with van der Waals surface area (Å²) < 4.78 is 16.8. The molecule has 2 aromatic carbocycles. The first-order valence-electron chi connectivity index (χ1n) is 9.37. The predicted molar refractivity (Wildman–Crippen MR) is 115 cm³/mol. The number of benzene rings is 2. The number of nitrogens with one attached hydrogen (secondary N) is 1. The van der Waals surface area contributed by atoms with E-state index < -0.39 is 5.82 Å². The summed E-state index contributed by atoms with van der Waals surface area (Å²) in [5.74, 6) is -0.233. The second kappa shape index (κ2) is 7.40. The Morgan fingerprint density at radius 3 is 2.55 bits per heavy atom. The van der Waals surface area contributed by atoms with Crippen LogP contribution in [0.4, 0.5) is 10.1 Å². The Hall–Kier alpha value is -3.06. The maximum absolute atomic E-state index is 14.3. The largest absolute Gasteiger partial charge is 0.324 e. The number of hydrogen-bond donors (Lipinski definition) is 1. The predicted octanol–water partition coefficient (Wildman–Crippen LogP) is 4.57. The molecule has 0 saturated heterocycles. The van der Waals surface area contributed by atoms with Crippen LogP contribution in [0, 0.1) is 19.7 Å². The Balaban J connectivity index is 1.78. The molecule has 148 valence electrons. The van der Waals surface area contributed by atoms with Crippen molar-refractivity contribution in [1.29, 1.82) is 0 Å². The van der Waals surface area contributed by atoms with Crippen LogP contribution in [0.15, 0.2) is 41.2 Å². The molecule has 0 fully saturated rings. The van der Waals surface area contributed by atoms with Crippen LogP contribution >= 0.6 is 11.3 Å². The number of para-hydroxylation sites is 1. The standard InChI is InChI=1S/C22H20FN3O2S/c1-4-16-24-20-18-14(23)9-6-10-15(18)29-21(20)22(28)26(16)11-17(27)25-19-12(2)7-5-8-13(19)3/h5-10H,4,11H2,1-3H3,(H,25,27). The number of rotatable bonds is 4. The summed E-state index contributed by atoms with van der Waals surface area (Å²) in [5.41, 5.74) is 2.71. The summed E-state index contributed by atoms with van der Waals surface area (Å²) >= 11 is 1.20. The molecule has 0 spiro atoms. The highest BCUT2D eigenvalue weighted by Gasteiger charge is 2.19. The van der Waals surface area contributed by atoms with E-state index in [4.69, 9.17) is 0 Å². The number of thiophene rings is 1. The second-order valence-corrected chi connectivity index (χ2v) is 8.03. The minimum absolute atomic E-state index is 0.143. The van der Waals surface area contributed by atoms with Crippen LogP contribution in [-0.4, -0.2) is 15.5 Å². The molecule has 4 rings (SSSR count). The van der Waals surface area contributed by atoms with Crippen molar-refractivity contribution in [2.45, 2.75) is 33.7 Å². The van der Waals surface area contributed by atoms with Crippen molar-refractivity contribution in [3.63, 3.8) is 0 Å². The van der Waals surface area contributed by atoms with E-state index in [0.717, 1.165) is 16.8 Å². The zero-order chi connectivity index (χ0) is 20.7. The van der Waals surface area contributed by atoms with Gasteiger partial charge >= 0.3 is 0 Å². The zero-order valence-electron chi connectivity index (χ0n) is 16.4. The van der Waals surface area contributed by atoms with Gasteiger partial charge < -0.3 is 5.32 Å². The average molecular weight is 409 g/mol. The molecule has 1 N–H and O–H groups in total. The quantitative estimate of drug-likeness (QED) is 0.537. The Morgan fingerprint density at radius 2 is 1.86 bits per heavy atom. The van der Waals surface area contributed by atoms with E-state index in [1.807, 2.05) is 39.0 Å². The molecule has 1 amide bonds. The van der Waals surface area contributed by atoms with E-state index in [9.17, 15) is 14.0 Å². The zero-order valence-corrected chi connectivity index (χ0v) is 17.2. The monoisotopic (exact) mass is 409 g/mol. The van der Waals surface area contributed by atoms with Crippen LogP contribution in [0.1, 0.15) is 23.9 Å². The molecule has 0 aliphatic carbocycles. The molecule has 0 unspecified atom stereocenters. The molecule has 0 atom stereocenters. The lowest BCUT2D eigenvalue weighted by atomic mass is 10.1. The number of aryl methyl sites for hydroxylation is 3. The fraction of sp³-hybridized carbons (Fsp3) is 0.227. The SMILES string of the molecule is CCc1nc2c(sc3cccc(F)c32)c(=O)n1CC(=O)Nc1c(C)cccc1C. The third kappa shape index (κ3) is 3.31. The first kappa shape index (κ1) is 19.3. The maximum atomic E-state index is 14.3. The summed E-state index contributed by atoms with van der Waals surface area (Å²) in [6.07, 6.45) is 0.452. The highest BCUT2D eigenvalue weighted by Crippen LogP contribution is 2.32. The first-order chi connectivity index (χ1) is 13.9. The van der Waals surface area contributed by atoms with E-state index in [-0.39, 0.29) is 18.0 Å². The fourth-order valence-electron chi connectivity index (χ4n) is 3.54. The Kier molecular flexibility index (Phi) is 4.92. The number of carbonyl (C=O) groups excluding carboxylic acids is 1. The van der Waals surface area contributed by atoms with Crippen LogP contribution in [-0.2, 0) is 17.8 Å². The van der Waals surface area contributed by atoms with Crippen molar-refractivity contribution in [2.75, 3.05) is 5.32 Å². The average Bonchev–Trinajstić information content (AvgIpc) is 3.07. The minimum atomic E-state index is -0.395. The Labute approximate surface area is 170 Å². The van der Waals surface area contributed by atoms with Gasteiger partial charge in [-0.1, -0.05) is 31.2 Å². The molecule has 29 heavy (non-hydrogen) atoms. The van der Waals surface area contributed by atoms with Crippen molar-refractivity contribution in [1.82, 2.24) is 9.55 Å². The normalized spacial score (nSPS) is 11.3. The highest BCUT2D eigenvalue weighted by molar-refractivity contribution is 7.25. The molecule has 0 aliphatic rings. The number of nitrogens with zero attached hydrogens (tertiary/aromatic N) is 2. The number of aromatic nitrogens is 2. The molecule has 4 aromatic rings. The topological polar surface area (TPSA) is 64.0 Å². The van der Waals surface area contributed by atoms with Gasteiger partial charge in [-0.3, -0.25) is 14.2 Å². The lowest BCUT2D eigenvalue weighted by Crippen LogP contribution is -2.31. The van der Waals surface area contributed by atoms with Crippen LogP contribution in [0.2, 0.25) is 0 Å². The molecular formula is C22H20FN3O2S. The number of halogens is 1. The van der Waals surface area contributed by atoms with Crippen LogP contribution in [0.5, 0.6) is 0 Å². The highest BCUT2D eigenvalue weighted by atomic mass is 32.1. The van der Waals surface area contributed by atoms with Gasteiger partial charge in [0.2, 0.25) is 5.91 Å². The number of anilines is 1. The third-order valence-corrected chi connectivity index (χ3v) is 6.13. The van der Waals surface area contributed by atoms with Gasteiger partial charge in [0.05, 0.1) is 10.9 Å².